The molecule has 1 N–H and O–H groups in total. The van der Waals surface area contributed by atoms with Crippen LogP contribution >= 0.6 is 0 Å². The summed E-state index contributed by atoms with van der Waals surface area (Å²) in [5.74, 6) is 0.688. The van der Waals surface area contributed by atoms with Crippen LogP contribution in [0, 0.1) is 11.3 Å². The minimum absolute atomic E-state index is 0.333. The molecular weight excluding hydrogens is 160 g/mol. The average Bonchev–Trinajstić information content (AvgIpc) is 2.02. The van der Waals surface area contributed by atoms with Gasteiger partial charge < -0.3 is 5.11 Å². The second-order valence-electron chi connectivity index (χ2n) is 4.89. The molecule has 0 aromatic rings. The molecule has 1 atom stereocenters. The maximum Gasteiger partial charge on any atom is 0.0431 e. The number of rotatable bonds is 3. The van der Waals surface area contributed by atoms with Gasteiger partial charge >= 0.3 is 0 Å². The van der Waals surface area contributed by atoms with Crippen molar-refractivity contribution in [3.05, 3.63) is 11.6 Å². The fourth-order valence-corrected chi connectivity index (χ4v) is 2.52. The lowest BCUT2D eigenvalue weighted by molar-refractivity contribution is 0.185. The molecule has 0 amide bonds. The van der Waals surface area contributed by atoms with Gasteiger partial charge in [-0.25, -0.2) is 0 Å². The van der Waals surface area contributed by atoms with E-state index in [1.165, 1.54) is 18.4 Å². The van der Waals surface area contributed by atoms with Crippen LogP contribution in [0.15, 0.2) is 11.6 Å². The third-order valence-electron chi connectivity index (χ3n) is 3.40. The van der Waals surface area contributed by atoms with Gasteiger partial charge in [0, 0.05) is 6.61 Å². The third-order valence-corrected chi connectivity index (χ3v) is 3.40. The smallest absolute Gasteiger partial charge is 0.0431 e. The summed E-state index contributed by atoms with van der Waals surface area (Å²) in [7, 11) is 0. The Kier molecular flexibility index (Phi) is 3.55. The highest BCUT2D eigenvalue weighted by Crippen LogP contribution is 2.43. The summed E-state index contributed by atoms with van der Waals surface area (Å²) in [4.78, 5) is 0. The van der Waals surface area contributed by atoms with E-state index in [0.29, 0.717) is 17.9 Å². The van der Waals surface area contributed by atoms with Crippen LogP contribution in [0.1, 0.15) is 46.5 Å². The van der Waals surface area contributed by atoms with E-state index in [4.69, 9.17) is 5.11 Å². The molecular formula is C12H22O. The SMILES string of the molecule is CC1=CCCC(C)(C)[C@H]1CCCO. The number of aliphatic hydroxyl groups excluding tert-OH is 1. The Hall–Kier alpha value is -0.300. The zero-order valence-electron chi connectivity index (χ0n) is 9.14. The molecule has 0 radical (unpaired) electrons. The highest BCUT2D eigenvalue weighted by molar-refractivity contribution is 5.11. The van der Waals surface area contributed by atoms with Crippen molar-refractivity contribution in [2.24, 2.45) is 11.3 Å². The molecule has 0 spiro atoms. The Balaban J connectivity index is 2.64. The predicted molar refractivity (Wildman–Crippen MR) is 56.6 cm³/mol. The molecule has 1 aliphatic carbocycles. The van der Waals surface area contributed by atoms with E-state index >= 15 is 0 Å². The van der Waals surface area contributed by atoms with Crippen molar-refractivity contribution in [2.45, 2.75) is 46.5 Å². The Labute approximate surface area is 81.9 Å². The van der Waals surface area contributed by atoms with Gasteiger partial charge in [-0.2, -0.15) is 0 Å². The van der Waals surface area contributed by atoms with Gasteiger partial charge in [0.25, 0.3) is 0 Å². The van der Waals surface area contributed by atoms with Crippen molar-refractivity contribution in [3.8, 4) is 0 Å². The molecule has 0 aliphatic heterocycles. The number of allylic oxidation sites excluding steroid dienone is 2. The molecule has 0 aromatic heterocycles. The lowest BCUT2D eigenvalue weighted by Crippen LogP contribution is -2.28. The average molecular weight is 182 g/mol. The van der Waals surface area contributed by atoms with Crippen molar-refractivity contribution < 1.29 is 5.11 Å². The summed E-state index contributed by atoms with van der Waals surface area (Å²) in [5, 5.41) is 8.83. The molecule has 76 valence electrons. The quantitative estimate of drug-likeness (QED) is 0.665. The van der Waals surface area contributed by atoms with Crippen LogP contribution in [0.5, 0.6) is 0 Å². The predicted octanol–water partition coefficient (Wildman–Crippen LogP) is 3.14. The molecule has 0 saturated heterocycles. The van der Waals surface area contributed by atoms with Gasteiger partial charge in [0.1, 0.15) is 0 Å². The van der Waals surface area contributed by atoms with Crippen molar-refractivity contribution in [1.29, 1.82) is 0 Å². The van der Waals surface area contributed by atoms with E-state index in [2.05, 4.69) is 26.8 Å². The molecule has 0 unspecified atom stereocenters. The molecule has 1 heteroatoms. The first-order chi connectivity index (χ1) is 6.08. The standard InChI is InChI=1S/C12H22O/c1-10-6-4-8-12(2,3)11(10)7-5-9-13/h6,11,13H,4-5,7-9H2,1-3H3/t11-/m0/s1. The van der Waals surface area contributed by atoms with Gasteiger partial charge in [-0.1, -0.05) is 25.5 Å². The molecule has 0 fully saturated rings. The van der Waals surface area contributed by atoms with Crippen LogP contribution in [0.2, 0.25) is 0 Å². The zero-order valence-corrected chi connectivity index (χ0v) is 9.14. The largest absolute Gasteiger partial charge is 0.396 e. The minimum Gasteiger partial charge on any atom is -0.396 e. The second-order valence-corrected chi connectivity index (χ2v) is 4.89. The van der Waals surface area contributed by atoms with E-state index in [0.717, 1.165) is 12.8 Å². The van der Waals surface area contributed by atoms with Gasteiger partial charge in [0.2, 0.25) is 0 Å². The Morgan fingerprint density at radius 1 is 1.54 bits per heavy atom. The highest BCUT2D eigenvalue weighted by atomic mass is 16.2. The normalized spacial score (nSPS) is 27.1. The van der Waals surface area contributed by atoms with E-state index in [1.54, 1.807) is 0 Å². The molecule has 0 aromatic carbocycles. The van der Waals surface area contributed by atoms with Crippen molar-refractivity contribution >= 4 is 0 Å². The molecule has 1 aliphatic rings. The van der Waals surface area contributed by atoms with E-state index < -0.39 is 0 Å². The van der Waals surface area contributed by atoms with Crippen molar-refractivity contribution in [2.75, 3.05) is 6.61 Å². The lowest BCUT2D eigenvalue weighted by atomic mass is 9.67. The first kappa shape index (κ1) is 10.8. The molecule has 1 nitrogen and oxygen atoms in total. The number of aliphatic hydroxyl groups is 1. The molecule has 13 heavy (non-hydrogen) atoms. The van der Waals surface area contributed by atoms with Crippen LogP contribution in [0.3, 0.4) is 0 Å². The summed E-state index contributed by atoms with van der Waals surface area (Å²) >= 11 is 0. The van der Waals surface area contributed by atoms with E-state index in [1.807, 2.05) is 0 Å². The van der Waals surface area contributed by atoms with Crippen LogP contribution in [-0.2, 0) is 0 Å². The molecule has 0 heterocycles. The zero-order chi connectivity index (χ0) is 9.90. The molecule has 0 bridgehead atoms. The summed E-state index contributed by atoms with van der Waals surface area (Å²) in [6, 6.07) is 0. The van der Waals surface area contributed by atoms with E-state index in [9.17, 15) is 0 Å². The fourth-order valence-electron chi connectivity index (χ4n) is 2.52. The van der Waals surface area contributed by atoms with Crippen LogP contribution in [0.4, 0.5) is 0 Å². The Morgan fingerprint density at radius 3 is 2.77 bits per heavy atom. The Bertz CT molecular complexity index is 191. The maximum absolute atomic E-state index is 8.83. The topological polar surface area (TPSA) is 20.2 Å². The molecule has 1 rings (SSSR count). The van der Waals surface area contributed by atoms with Crippen LogP contribution in [0.25, 0.3) is 0 Å². The maximum atomic E-state index is 8.83. The summed E-state index contributed by atoms with van der Waals surface area (Å²) < 4.78 is 0. The van der Waals surface area contributed by atoms with Gasteiger partial charge in [0.05, 0.1) is 0 Å². The van der Waals surface area contributed by atoms with Gasteiger partial charge in [-0.05, 0) is 43.9 Å². The van der Waals surface area contributed by atoms with Gasteiger partial charge in [-0.15, -0.1) is 0 Å². The Morgan fingerprint density at radius 2 is 2.23 bits per heavy atom. The summed E-state index contributed by atoms with van der Waals surface area (Å²) in [6.07, 6.45) is 6.98. The van der Waals surface area contributed by atoms with E-state index in [-0.39, 0.29) is 0 Å². The van der Waals surface area contributed by atoms with Crippen LogP contribution < -0.4 is 0 Å². The molecule has 0 saturated carbocycles. The number of hydrogen-bond acceptors (Lipinski definition) is 1. The van der Waals surface area contributed by atoms with Crippen molar-refractivity contribution in [1.82, 2.24) is 0 Å². The van der Waals surface area contributed by atoms with Crippen LogP contribution in [-0.4, -0.2) is 11.7 Å². The first-order valence-corrected chi connectivity index (χ1v) is 5.35. The first-order valence-electron chi connectivity index (χ1n) is 5.35. The minimum atomic E-state index is 0.333. The van der Waals surface area contributed by atoms with Gasteiger partial charge in [-0.3, -0.25) is 0 Å². The highest BCUT2D eigenvalue weighted by Gasteiger charge is 2.31. The lowest BCUT2D eigenvalue weighted by Gasteiger charge is -2.38. The third kappa shape index (κ3) is 2.57. The van der Waals surface area contributed by atoms with Gasteiger partial charge in [0.15, 0.2) is 0 Å². The van der Waals surface area contributed by atoms with Crippen molar-refractivity contribution in [3.63, 3.8) is 0 Å². The fraction of sp³-hybridized carbons (Fsp3) is 0.833. The number of hydrogen-bond donors (Lipinski definition) is 1. The second kappa shape index (κ2) is 4.28. The summed E-state index contributed by atoms with van der Waals surface area (Å²) in [6.45, 7) is 7.28. The monoisotopic (exact) mass is 182 g/mol. The summed E-state index contributed by atoms with van der Waals surface area (Å²) in [5.41, 5.74) is 1.97.